The average molecular weight is 228 g/mol. The maximum Gasteiger partial charge on any atom is 0.149 e. The Morgan fingerprint density at radius 1 is 1.60 bits per heavy atom. The molecule has 1 aliphatic rings. The third-order valence-corrected chi connectivity index (χ3v) is 2.72. The molecule has 0 aromatic carbocycles. The SMILES string of the molecule is CN(CC1CCOC1)c1cncc(Cl)n1. The number of rotatable bonds is 3. The van der Waals surface area contributed by atoms with Crippen LogP contribution in [0.25, 0.3) is 0 Å². The molecule has 0 aliphatic carbocycles. The van der Waals surface area contributed by atoms with E-state index in [1.807, 2.05) is 7.05 Å². The van der Waals surface area contributed by atoms with Crippen LogP contribution in [0.1, 0.15) is 6.42 Å². The molecule has 0 amide bonds. The summed E-state index contributed by atoms with van der Waals surface area (Å²) in [4.78, 5) is 10.3. The Morgan fingerprint density at radius 2 is 2.47 bits per heavy atom. The molecule has 1 aromatic heterocycles. The molecule has 0 N–H and O–H groups in total. The highest BCUT2D eigenvalue weighted by atomic mass is 35.5. The molecular weight excluding hydrogens is 214 g/mol. The summed E-state index contributed by atoms with van der Waals surface area (Å²) in [5.41, 5.74) is 0. The summed E-state index contributed by atoms with van der Waals surface area (Å²) in [6.07, 6.45) is 4.39. The van der Waals surface area contributed by atoms with Gasteiger partial charge in [-0.05, 0) is 6.42 Å². The van der Waals surface area contributed by atoms with Crippen molar-refractivity contribution in [1.82, 2.24) is 9.97 Å². The van der Waals surface area contributed by atoms with Crippen LogP contribution < -0.4 is 4.90 Å². The van der Waals surface area contributed by atoms with Crippen molar-refractivity contribution in [2.75, 3.05) is 31.7 Å². The largest absolute Gasteiger partial charge is 0.381 e. The van der Waals surface area contributed by atoms with Gasteiger partial charge in [0.15, 0.2) is 0 Å². The first-order chi connectivity index (χ1) is 7.25. The number of ether oxygens (including phenoxy) is 1. The van der Waals surface area contributed by atoms with Gasteiger partial charge < -0.3 is 9.64 Å². The molecule has 82 valence electrons. The number of nitrogens with zero attached hydrogens (tertiary/aromatic N) is 3. The summed E-state index contributed by atoms with van der Waals surface area (Å²) in [6, 6.07) is 0. The smallest absolute Gasteiger partial charge is 0.149 e. The molecule has 5 heteroatoms. The van der Waals surface area contributed by atoms with E-state index in [0.717, 1.165) is 32.0 Å². The summed E-state index contributed by atoms with van der Waals surface area (Å²) in [5, 5.41) is 0.432. The molecule has 1 atom stereocenters. The predicted octanol–water partition coefficient (Wildman–Crippen LogP) is 1.60. The predicted molar refractivity (Wildman–Crippen MR) is 59.2 cm³/mol. The van der Waals surface area contributed by atoms with E-state index in [-0.39, 0.29) is 0 Å². The van der Waals surface area contributed by atoms with E-state index >= 15 is 0 Å². The number of hydrogen-bond acceptors (Lipinski definition) is 4. The molecule has 2 rings (SSSR count). The average Bonchev–Trinajstić information content (AvgIpc) is 2.70. The van der Waals surface area contributed by atoms with Crippen molar-refractivity contribution >= 4 is 17.4 Å². The van der Waals surface area contributed by atoms with Crippen LogP contribution in [0.5, 0.6) is 0 Å². The first-order valence-electron chi connectivity index (χ1n) is 5.02. The number of halogens is 1. The van der Waals surface area contributed by atoms with Crippen LogP contribution in [0.4, 0.5) is 5.82 Å². The van der Waals surface area contributed by atoms with Gasteiger partial charge >= 0.3 is 0 Å². The maximum absolute atomic E-state index is 5.78. The molecule has 1 aromatic rings. The molecule has 1 unspecified atom stereocenters. The molecule has 1 fully saturated rings. The van der Waals surface area contributed by atoms with Crippen LogP contribution in [0.15, 0.2) is 12.4 Å². The molecule has 1 aliphatic heterocycles. The quantitative estimate of drug-likeness (QED) is 0.786. The van der Waals surface area contributed by atoms with Crippen molar-refractivity contribution in [2.24, 2.45) is 5.92 Å². The third-order valence-electron chi connectivity index (χ3n) is 2.54. The van der Waals surface area contributed by atoms with Crippen LogP contribution in [0.2, 0.25) is 5.15 Å². The molecule has 2 heterocycles. The van der Waals surface area contributed by atoms with Crippen molar-refractivity contribution in [3.63, 3.8) is 0 Å². The summed E-state index contributed by atoms with van der Waals surface area (Å²) in [5.74, 6) is 1.41. The molecule has 0 spiro atoms. The first-order valence-corrected chi connectivity index (χ1v) is 5.40. The van der Waals surface area contributed by atoms with E-state index in [2.05, 4.69) is 14.9 Å². The fourth-order valence-electron chi connectivity index (χ4n) is 1.72. The van der Waals surface area contributed by atoms with Crippen LogP contribution >= 0.6 is 11.6 Å². The van der Waals surface area contributed by atoms with E-state index in [1.54, 1.807) is 6.20 Å². The molecule has 15 heavy (non-hydrogen) atoms. The van der Waals surface area contributed by atoms with Crippen molar-refractivity contribution in [1.29, 1.82) is 0 Å². The first kappa shape index (κ1) is 10.6. The fourth-order valence-corrected chi connectivity index (χ4v) is 1.87. The lowest BCUT2D eigenvalue weighted by Gasteiger charge is -2.20. The summed E-state index contributed by atoms with van der Waals surface area (Å²) in [7, 11) is 2.00. The van der Waals surface area contributed by atoms with Gasteiger partial charge in [-0.3, -0.25) is 4.98 Å². The van der Waals surface area contributed by atoms with Gasteiger partial charge in [-0.2, -0.15) is 0 Å². The molecule has 1 saturated heterocycles. The Hall–Kier alpha value is -0.870. The third kappa shape index (κ3) is 2.79. The summed E-state index contributed by atoms with van der Waals surface area (Å²) in [6.45, 7) is 2.66. The van der Waals surface area contributed by atoms with Crippen molar-refractivity contribution in [3.05, 3.63) is 17.5 Å². The van der Waals surface area contributed by atoms with Gasteiger partial charge in [-0.15, -0.1) is 0 Å². The van der Waals surface area contributed by atoms with Gasteiger partial charge in [0.2, 0.25) is 0 Å². The van der Waals surface area contributed by atoms with Crippen LogP contribution in [-0.2, 0) is 4.74 Å². The Bertz CT molecular complexity index is 328. The number of aromatic nitrogens is 2. The normalized spacial score (nSPS) is 20.5. The second-order valence-corrected chi connectivity index (χ2v) is 4.20. The Balaban J connectivity index is 1.97. The van der Waals surface area contributed by atoms with Crippen molar-refractivity contribution in [3.8, 4) is 0 Å². The Morgan fingerprint density at radius 3 is 3.13 bits per heavy atom. The zero-order valence-corrected chi connectivity index (χ0v) is 9.44. The van der Waals surface area contributed by atoms with Crippen LogP contribution in [-0.4, -0.2) is 36.8 Å². The van der Waals surface area contributed by atoms with Gasteiger partial charge in [0.05, 0.1) is 19.0 Å². The van der Waals surface area contributed by atoms with Gasteiger partial charge in [0.25, 0.3) is 0 Å². The molecule has 0 radical (unpaired) electrons. The highest BCUT2D eigenvalue weighted by molar-refractivity contribution is 6.29. The zero-order chi connectivity index (χ0) is 10.7. The second kappa shape index (κ2) is 4.77. The number of anilines is 1. The van der Waals surface area contributed by atoms with Crippen molar-refractivity contribution in [2.45, 2.75) is 6.42 Å². The second-order valence-electron chi connectivity index (χ2n) is 3.81. The van der Waals surface area contributed by atoms with Gasteiger partial charge in [-0.1, -0.05) is 11.6 Å². The highest BCUT2D eigenvalue weighted by Gasteiger charge is 2.18. The fraction of sp³-hybridized carbons (Fsp3) is 0.600. The van der Waals surface area contributed by atoms with Crippen LogP contribution in [0.3, 0.4) is 0 Å². The van der Waals surface area contributed by atoms with Crippen molar-refractivity contribution < 1.29 is 4.74 Å². The van der Waals surface area contributed by atoms with Gasteiger partial charge in [0, 0.05) is 26.1 Å². The van der Waals surface area contributed by atoms with E-state index in [4.69, 9.17) is 16.3 Å². The minimum absolute atomic E-state index is 0.432. The lowest BCUT2D eigenvalue weighted by atomic mass is 10.1. The summed E-state index contributed by atoms with van der Waals surface area (Å²) >= 11 is 5.78. The topological polar surface area (TPSA) is 38.2 Å². The lowest BCUT2D eigenvalue weighted by molar-refractivity contribution is 0.186. The minimum Gasteiger partial charge on any atom is -0.381 e. The monoisotopic (exact) mass is 227 g/mol. The molecule has 0 saturated carbocycles. The highest BCUT2D eigenvalue weighted by Crippen LogP contribution is 2.17. The molecular formula is C10H14ClN3O. The Kier molecular flexibility index (Phi) is 3.38. The number of hydrogen-bond donors (Lipinski definition) is 0. The lowest BCUT2D eigenvalue weighted by Crippen LogP contribution is -2.26. The van der Waals surface area contributed by atoms with E-state index in [0.29, 0.717) is 11.1 Å². The van der Waals surface area contributed by atoms with Gasteiger partial charge in [0.1, 0.15) is 11.0 Å². The Labute approximate surface area is 94.2 Å². The summed E-state index contributed by atoms with van der Waals surface area (Å²) < 4.78 is 5.33. The minimum atomic E-state index is 0.432. The van der Waals surface area contributed by atoms with E-state index < -0.39 is 0 Å². The van der Waals surface area contributed by atoms with E-state index in [9.17, 15) is 0 Å². The molecule has 4 nitrogen and oxygen atoms in total. The van der Waals surface area contributed by atoms with E-state index in [1.165, 1.54) is 6.20 Å². The van der Waals surface area contributed by atoms with Gasteiger partial charge in [-0.25, -0.2) is 4.98 Å². The molecule has 0 bridgehead atoms. The standard InChI is InChI=1S/C10H14ClN3O/c1-14(6-8-2-3-15-7-8)10-5-12-4-9(11)13-10/h4-5,8H,2-3,6-7H2,1H3. The van der Waals surface area contributed by atoms with Crippen LogP contribution in [0, 0.1) is 5.92 Å². The zero-order valence-electron chi connectivity index (χ0n) is 8.69. The maximum atomic E-state index is 5.78.